The Morgan fingerprint density at radius 2 is 1.51 bits per heavy atom. The molecule has 6 nitrogen and oxygen atoms in total. The smallest absolute Gasteiger partial charge is 0.347 e. The van der Waals surface area contributed by atoms with Crippen molar-refractivity contribution >= 4 is 11.9 Å². The van der Waals surface area contributed by atoms with E-state index in [9.17, 15) is 9.59 Å². The minimum absolute atomic E-state index is 0.0504. The van der Waals surface area contributed by atoms with E-state index in [0.29, 0.717) is 22.6 Å². The third-order valence-corrected chi connectivity index (χ3v) is 7.98. The molecule has 0 amide bonds. The third kappa shape index (κ3) is 4.42. The lowest BCUT2D eigenvalue weighted by molar-refractivity contribution is -0.00621. The maximum Gasteiger partial charge on any atom is 0.347 e. The Morgan fingerprint density at radius 1 is 0.914 bits per heavy atom. The first kappa shape index (κ1) is 23.5. The van der Waals surface area contributed by atoms with E-state index in [1.54, 1.807) is 38.5 Å². The summed E-state index contributed by atoms with van der Waals surface area (Å²) in [5.74, 6) is 2.87. The molecule has 0 heterocycles. The number of rotatable bonds is 8. The predicted octanol–water partition coefficient (Wildman–Crippen LogP) is 5.73. The number of esters is 2. The number of carbonyl (C=O) groups is 2. The van der Waals surface area contributed by atoms with Crippen LogP contribution in [0, 0.1) is 17.8 Å². The largest absolute Gasteiger partial charge is 0.496 e. The fourth-order valence-corrected chi connectivity index (χ4v) is 6.95. The highest BCUT2D eigenvalue weighted by atomic mass is 16.5. The summed E-state index contributed by atoms with van der Waals surface area (Å²) in [6, 6.07) is 10.1. The zero-order chi connectivity index (χ0) is 24.6. The molecule has 35 heavy (non-hydrogen) atoms. The Bertz CT molecular complexity index is 1100. The number of carbonyl (C=O) groups excluding carboxylic acids is 2. The number of methoxy groups -OCH3 is 2. The van der Waals surface area contributed by atoms with E-state index < -0.39 is 11.9 Å². The third-order valence-electron chi connectivity index (χ3n) is 7.98. The van der Waals surface area contributed by atoms with Crippen LogP contribution in [-0.4, -0.2) is 32.8 Å². The average molecular weight is 477 g/mol. The van der Waals surface area contributed by atoms with E-state index in [1.807, 2.05) is 12.1 Å². The monoisotopic (exact) mass is 476 g/mol. The molecule has 6 rings (SSSR count). The first-order valence-corrected chi connectivity index (χ1v) is 12.3. The minimum Gasteiger partial charge on any atom is -0.496 e. The molecule has 0 radical (unpaired) electrons. The average Bonchev–Trinajstić information content (AvgIpc) is 2.86. The van der Waals surface area contributed by atoms with Crippen molar-refractivity contribution in [3.63, 3.8) is 0 Å². The minimum atomic E-state index is -0.502. The van der Waals surface area contributed by atoms with E-state index in [1.165, 1.54) is 25.3 Å². The van der Waals surface area contributed by atoms with Crippen LogP contribution in [0.3, 0.4) is 0 Å². The molecule has 4 bridgehead atoms. The molecule has 2 aromatic rings. The lowest BCUT2D eigenvalue weighted by atomic mass is 9.48. The van der Waals surface area contributed by atoms with Gasteiger partial charge in [0.25, 0.3) is 0 Å². The van der Waals surface area contributed by atoms with Crippen LogP contribution in [0.4, 0.5) is 0 Å². The maximum atomic E-state index is 13.3. The van der Waals surface area contributed by atoms with E-state index in [0.717, 1.165) is 48.3 Å². The second kappa shape index (κ2) is 9.40. The molecule has 4 saturated carbocycles. The van der Waals surface area contributed by atoms with Crippen molar-refractivity contribution in [1.82, 2.24) is 0 Å². The fraction of sp³-hybridized carbons (Fsp3) is 0.448. The van der Waals surface area contributed by atoms with Gasteiger partial charge in [-0.1, -0.05) is 12.7 Å². The summed E-state index contributed by atoms with van der Waals surface area (Å²) in [6.45, 7) is 3.67. The van der Waals surface area contributed by atoms with Crippen LogP contribution in [0.2, 0.25) is 0 Å². The molecule has 2 aromatic carbocycles. The van der Waals surface area contributed by atoms with Crippen LogP contribution >= 0.6 is 0 Å². The van der Waals surface area contributed by atoms with Gasteiger partial charge in [0.15, 0.2) is 0 Å². The molecule has 4 fully saturated rings. The van der Waals surface area contributed by atoms with Crippen molar-refractivity contribution in [3.05, 3.63) is 65.7 Å². The predicted molar refractivity (Wildman–Crippen MR) is 131 cm³/mol. The molecule has 0 aliphatic heterocycles. The number of ether oxygens (including phenoxy) is 4. The van der Waals surface area contributed by atoms with Crippen LogP contribution in [0.1, 0.15) is 64.8 Å². The summed E-state index contributed by atoms with van der Waals surface area (Å²) in [6.07, 6.45) is 8.98. The van der Waals surface area contributed by atoms with Gasteiger partial charge in [-0.15, -0.1) is 0 Å². The highest BCUT2D eigenvalue weighted by molar-refractivity contribution is 5.95. The molecule has 0 saturated heterocycles. The number of benzene rings is 2. The molecule has 184 valence electrons. The summed E-state index contributed by atoms with van der Waals surface area (Å²) in [4.78, 5) is 25.3. The van der Waals surface area contributed by atoms with Gasteiger partial charge in [0.05, 0.1) is 19.8 Å². The summed E-state index contributed by atoms with van der Waals surface area (Å²) in [7, 11) is 3.22. The molecule has 0 aromatic heterocycles. The normalized spacial score (nSPS) is 26.2. The highest BCUT2D eigenvalue weighted by Crippen LogP contribution is 2.62. The molecule has 0 N–H and O–H groups in total. The van der Waals surface area contributed by atoms with Gasteiger partial charge < -0.3 is 18.9 Å². The highest BCUT2D eigenvalue weighted by Gasteiger charge is 2.52. The molecular weight excluding hydrogens is 444 g/mol. The number of hydrogen-bond acceptors (Lipinski definition) is 6. The van der Waals surface area contributed by atoms with Crippen molar-refractivity contribution in [2.75, 3.05) is 20.8 Å². The Morgan fingerprint density at radius 3 is 2.06 bits per heavy atom. The fourth-order valence-electron chi connectivity index (χ4n) is 6.95. The van der Waals surface area contributed by atoms with Crippen LogP contribution in [0.5, 0.6) is 17.2 Å². The molecular formula is C29H32O6. The molecule has 6 heteroatoms. The molecule has 0 unspecified atom stereocenters. The van der Waals surface area contributed by atoms with Gasteiger partial charge in [-0.05, 0) is 92.0 Å². The molecule has 0 spiro atoms. The van der Waals surface area contributed by atoms with E-state index in [4.69, 9.17) is 18.9 Å². The van der Waals surface area contributed by atoms with Crippen molar-refractivity contribution in [2.24, 2.45) is 17.8 Å². The van der Waals surface area contributed by atoms with Gasteiger partial charge in [-0.2, -0.15) is 0 Å². The van der Waals surface area contributed by atoms with Crippen molar-refractivity contribution in [1.29, 1.82) is 0 Å². The Balaban J connectivity index is 1.42. The topological polar surface area (TPSA) is 71.1 Å². The van der Waals surface area contributed by atoms with Gasteiger partial charge in [0.2, 0.25) is 0 Å². The first-order chi connectivity index (χ1) is 16.9. The lowest BCUT2D eigenvalue weighted by Crippen LogP contribution is -2.48. The van der Waals surface area contributed by atoms with Crippen molar-refractivity contribution in [3.8, 4) is 17.2 Å². The zero-order valence-corrected chi connectivity index (χ0v) is 20.4. The van der Waals surface area contributed by atoms with E-state index in [2.05, 4.69) is 6.58 Å². The van der Waals surface area contributed by atoms with Crippen LogP contribution in [0.15, 0.2) is 49.1 Å². The second-order valence-electron chi connectivity index (χ2n) is 10.3. The van der Waals surface area contributed by atoms with Gasteiger partial charge in [0.1, 0.15) is 29.4 Å². The van der Waals surface area contributed by atoms with Crippen LogP contribution in [-0.2, 0) is 10.2 Å². The van der Waals surface area contributed by atoms with Crippen molar-refractivity contribution in [2.45, 2.75) is 43.9 Å². The van der Waals surface area contributed by atoms with Crippen LogP contribution < -0.4 is 14.2 Å². The maximum absolute atomic E-state index is 13.3. The summed E-state index contributed by atoms with van der Waals surface area (Å²) in [5, 5.41) is 0. The summed E-state index contributed by atoms with van der Waals surface area (Å²) in [5.41, 5.74) is 1.91. The van der Waals surface area contributed by atoms with Gasteiger partial charge in [0, 0.05) is 11.6 Å². The lowest BCUT2D eigenvalue weighted by Gasteiger charge is -2.57. The van der Waals surface area contributed by atoms with Gasteiger partial charge in [-0.3, -0.25) is 0 Å². The first-order valence-electron chi connectivity index (χ1n) is 12.3. The molecule has 4 aliphatic rings. The summed E-state index contributed by atoms with van der Waals surface area (Å²) < 4.78 is 22.1. The Labute approximate surface area is 206 Å². The molecule has 4 aliphatic carbocycles. The van der Waals surface area contributed by atoms with E-state index >= 15 is 0 Å². The van der Waals surface area contributed by atoms with Gasteiger partial charge in [-0.25, -0.2) is 9.59 Å². The van der Waals surface area contributed by atoms with Gasteiger partial charge >= 0.3 is 11.9 Å². The molecule has 0 atom stereocenters. The second-order valence-corrected chi connectivity index (χ2v) is 10.3. The Kier molecular flexibility index (Phi) is 6.30. The quantitative estimate of drug-likeness (QED) is 0.275. The Hall–Kier alpha value is -3.28. The number of hydrogen-bond donors (Lipinski definition) is 0. The zero-order valence-electron chi connectivity index (χ0n) is 20.4. The standard InChI is InChI=1S/C29H32O6/c1-4-9-34-27(30)21-5-7-22(8-6-21)35-28(31)23-13-24(26(33-3)14-25(23)32-2)29-15-18-10-19(16-29)12-20(11-18)17-29/h4-8,13-14,18-20H,1,9-12,15-17H2,2-3H3. The van der Waals surface area contributed by atoms with Crippen LogP contribution in [0.25, 0.3) is 0 Å². The summed E-state index contributed by atoms with van der Waals surface area (Å²) >= 11 is 0. The SMILES string of the molecule is C=CCOC(=O)c1ccc(OC(=O)c2cc(C34CC5CC(CC(C5)C3)C4)c(OC)cc2OC)cc1. The van der Waals surface area contributed by atoms with Crippen molar-refractivity contribution < 1.29 is 28.5 Å². The van der Waals surface area contributed by atoms with E-state index in [-0.39, 0.29) is 12.0 Å².